The molecule has 0 bridgehead atoms. The van der Waals surface area contributed by atoms with E-state index in [0.717, 1.165) is 17.0 Å². The first kappa shape index (κ1) is 19.8. The van der Waals surface area contributed by atoms with Gasteiger partial charge in [-0.05, 0) is 31.2 Å². The van der Waals surface area contributed by atoms with Crippen molar-refractivity contribution in [1.82, 2.24) is 0 Å². The number of hydrogen-bond acceptors (Lipinski definition) is 4. The van der Waals surface area contributed by atoms with Crippen LogP contribution in [0.15, 0.2) is 59.5 Å². The molecule has 8 heteroatoms. The van der Waals surface area contributed by atoms with Gasteiger partial charge in [-0.2, -0.15) is 13.2 Å². The molecule has 138 valence electrons. The zero-order chi connectivity index (χ0) is 19.2. The molecule has 2 aromatic rings. The van der Waals surface area contributed by atoms with Gasteiger partial charge in [0.2, 0.25) is 0 Å². The maximum atomic E-state index is 12.9. The number of carbonyl (C=O) groups excluding carboxylic acids is 2. The minimum Gasteiger partial charge on any atom is -0.455 e. The molecule has 0 aliphatic heterocycles. The molecule has 0 fully saturated rings. The van der Waals surface area contributed by atoms with Gasteiger partial charge in [0.1, 0.15) is 5.25 Å². The Bertz CT molecular complexity index is 766. The largest absolute Gasteiger partial charge is 0.455 e. The number of nitrogens with one attached hydrogen (secondary N) is 1. The highest BCUT2D eigenvalue weighted by molar-refractivity contribution is 8.00. The Kier molecular flexibility index (Phi) is 6.68. The van der Waals surface area contributed by atoms with Crippen LogP contribution in [0.4, 0.5) is 18.9 Å². The molecule has 0 saturated heterocycles. The van der Waals surface area contributed by atoms with Crippen LogP contribution >= 0.6 is 11.8 Å². The molecule has 0 spiro atoms. The number of carbonyl (C=O) groups is 2. The van der Waals surface area contributed by atoms with E-state index in [9.17, 15) is 22.8 Å². The summed E-state index contributed by atoms with van der Waals surface area (Å²) in [6.07, 6.45) is -4.60. The van der Waals surface area contributed by atoms with Gasteiger partial charge in [-0.1, -0.05) is 30.3 Å². The first-order chi connectivity index (χ1) is 12.3. The van der Waals surface area contributed by atoms with E-state index in [1.807, 2.05) is 30.3 Å². The lowest BCUT2D eigenvalue weighted by Gasteiger charge is -2.14. The van der Waals surface area contributed by atoms with Gasteiger partial charge >= 0.3 is 12.1 Å². The first-order valence-corrected chi connectivity index (χ1v) is 8.50. The molecule has 26 heavy (non-hydrogen) atoms. The summed E-state index contributed by atoms with van der Waals surface area (Å²) in [4.78, 5) is 24.6. The van der Waals surface area contributed by atoms with Crippen LogP contribution < -0.4 is 5.32 Å². The fourth-order valence-electron chi connectivity index (χ4n) is 2.03. The molecule has 1 atom stereocenters. The first-order valence-electron chi connectivity index (χ1n) is 7.62. The SMILES string of the molecule is C[C@H](Sc1ccccc1)C(=O)OCC(=O)Nc1ccccc1C(F)(F)F. The molecule has 0 aliphatic rings. The van der Waals surface area contributed by atoms with E-state index in [2.05, 4.69) is 5.32 Å². The lowest BCUT2D eigenvalue weighted by Crippen LogP contribution is -2.25. The highest BCUT2D eigenvalue weighted by Gasteiger charge is 2.33. The summed E-state index contributed by atoms with van der Waals surface area (Å²) in [6, 6.07) is 13.7. The van der Waals surface area contributed by atoms with Gasteiger partial charge in [0.15, 0.2) is 6.61 Å². The summed E-state index contributed by atoms with van der Waals surface area (Å²) in [6.45, 7) is 0.960. The monoisotopic (exact) mass is 383 g/mol. The molecule has 1 amide bonds. The Hall–Kier alpha value is -2.48. The van der Waals surface area contributed by atoms with Crippen molar-refractivity contribution in [3.8, 4) is 0 Å². The third-order valence-electron chi connectivity index (χ3n) is 3.24. The van der Waals surface area contributed by atoms with Gasteiger partial charge in [0.25, 0.3) is 5.91 Å². The van der Waals surface area contributed by atoms with E-state index < -0.39 is 35.5 Å². The minimum absolute atomic E-state index is 0.382. The van der Waals surface area contributed by atoms with Gasteiger partial charge in [0.05, 0.1) is 11.3 Å². The van der Waals surface area contributed by atoms with Gasteiger partial charge in [-0.25, -0.2) is 0 Å². The van der Waals surface area contributed by atoms with Gasteiger partial charge in [0, 0.05) is 4.90 Å². The predicted octanol–water partition coefficient (Wildman–Crippen LogP) is 4.37. The van der Waals surface area contributed by atoms with Crippen LogP contribution in [0, 0.1) is 0 Å². The molecular weight excluding hydrogens is 367 g/mol. The summed E-state index contributed by atoms with van der Waals surface area (Å²) in [5, 5.41) is 1.56. The zero-order valence-corrected chi connectivity index (χ0v) is 14.6. The predicted molar refractivity (Wildman–Crippen MR) is 92.8 cm³/mol. The second-order valence-corrected chi connectivity index (χ2v) is 6.69. The summed E-state index contributed by atoms with van der Waals surface area (Å²) < 4.78 is 43.5. The number of alkyl halides is 3. The summed E-state index contributed by atoms with van der Waals surface area (Å²) in [5.74, 6) is -1.47. The van der Waals surface area contributed by atoms with Crippen LogP contribution in [0.5, 0.6) is 0 Å². The molecule has 1 N–H and O–H groups in total. The Morgan fingerprint density at radius 2 is 1.69 bits per heavy atom. The highest BCUT2D eigenvalue weighted by Crippen LogP contribution is 2.34. The molecule has 0 heterocycles. The Balaban J connectivity index is 1.88. The number of anilines is 1. The van der Waals surface area contributed by atoms with Crippen LogP contribution in [0.2, 0.25) is 0 Å². The van der Waals surface area contributed by atoms with Gasteiger partial charge in [-0.3, -0.25) is 9.59 Å². The van der Waals surface area contributed by atoms with E-state index in [-0.39, 0.29) is 5.69 Å². The van der Waals surface area contributed by atoms with E-state index in [4.69, 9.17) is 4.74 Å². The average Bonchev–Trinajstić information content (AvgIpc) is 2.60. The Morgan fingerprint density at radius 3 is 2.35 bits per heavy atom. The second-order valence-electron chi connectivity index (χ2n) is 5.27. The quantitative estimate of drug-likeness (QED) is 0.595. The number of benzene rings is 2. The Morgan fingerprint density at radius 1 is 1.08 bits per heavy atom. The maximum absolute atomic E-state index is 12.9. The van der Waals surface area contributed by atoms with Crippen molar-refractivity contribution >= 4 is 29.3 Å². The summed E-state index contributed by atoms with van der Waals surface area (Å²) in [5.41, 5.74) is -1.35. The van der Waals surface area contributed by atoms with Crippen molar-refractivity contribution in [2.45, 2.75) is 23.2 Å². The number of para-hydroxylation sites is 1. The fourth-order valence-corrected chi connectivity index (χ4v) is 2.92. The Labute approximate surface area is 152 Å². The summed E-state index contributed by atoms with van der Waals surface area (Å²) in [7, 11) is 0. The van der Waals surface area contributed by atoms with E-state index in [1.165, 1.54) is 23.9 Å². The van der Waals surface area contributed by atoms with Crippen molar-refractivity contribution < 1.29 is 27.5 Å². The lowest BCUT2D eigenvalue weighted by atomic mass is 10.1. The van der Waals surface area contributed by atoms with E-state index >= 15 is 0 Å². The third-order valence-corrected chi connectivity index (χ3v) is 4.33. The number of esters is 1. The number of hydrogen-bond donors (Lipinski definition) is 1. The van der Waals surface area contributed by atoms with Gasteiger partial charge in [-0.15, -0.1) is 11.8 Å². The molecule has 2 aromatic carbocycles. The summed E-state index contributed by atoms with van der Waals surface area (Å²) >= 11 is 1.26. The second kappa shape index (κ2) is 8.75. The number of amides is 1. The van der Waals surface area contributed by atoms with Crippen LogP contribution in [0.1, 0.15) is 12.5 Å². The lowest BCUT2D eigenvalue weighted by molar-refractivity contribution is -0.146. The topological polar surface area (TPSA) is 55.4 Å². The van der Waals surface area contributed by atoms with Crippen molar-refractivity contribution in [3.05, 3.63) is 60.2 Å². The minimum atomic E-state index is -4.60. The number of ether oxygens (including phenoxy) is 1. The van der Waals surface area contributed by atoms with Crippen LogP contribution in [0.3, 0.4) is 0 Å². The normalized spacial score (nSPS) is 12.3. The number of halogens is 3. The third kappa shape index (κ3) is 5.80. The molecular formula is C18H16F3NO3S. The zero-order valence-electron chi connectivity index (χ0n) is 13.7. The number of rotatable bonds is 6. The maximum Gasteiger partial charge on any atom is 0.418 e. The molecule has 2 rings (SSSR count). The standard InChI is InChI=1S/C18H16F3NO3S/c1-12(26-13-7-3-2-4-8-13)17(24)25-11-16(23)22-15-10-6-5-9-14(15)18(19,20)21/h2-10,12H,11H2,1H3,(H,22,23)/t12-/m0/s1. The molecule has 0 aromatic heterocycles. The molecule has 0 aliphatic carbocycles. The van der Waals surface area contributed by atoms with Crippen molar-refractivity contribution in [2.75, 3.05) is 11.9 Å². The van der Waals surface area contributed by atoms with E-state index in [1.54, 1.807) is 6.92 Å². The van der Waals surface area contributed by atoms with Crippen molar-refractivity contribution in [3.63, 3.8) is 0 Å². The molecule has 0 unspecified atom stereocenters. The van der Waals surface area contributed by atoms with E-state index in [0.29, 0.717) is 0 Å². The fraction of sp³-hybridized carbons (Fsp3) is 0.222. The number of thioether (sulfide) groups is 1. The highest BCUT2D eigenvalue weighted by atomic mass is 32.2. The molecule has 0 saturated carbocycles. The van der Waals surface area contributed by atoms with Crippen LogP contribution in [-0.2, 0) is 20.5 Å². The molecule has 0 radical (unpaired) electrons. The smallest absolute Gasteiger partial charge is 0.418 e. The molecule has 4 nitrogen and oxygen atoms in total. The van der Waals surface area contributed by atoms with Crippen LogP contribution in [0.25, 0.3) is 0 Å². The van der Waals surface area contributed by atoms with Crippen LogP contribution in [-0.4, -0.2) is 23.7 Å². The average molecular weight is 383 g/mol. The van der Waals surface area contributed by atoms with Crippen molar-refractivity contribution in [2.24, 2.45) is 0 Å². The van der Waals surface area contributed by atoms with Gasteiger partial charge < -0.3 is 10.1 Å². The van der Waals surface area contributed by atoms with Crippen molar-refractivity contribution in [1.29, 1.82) is 0 Å².